The number of aromatic hydroxyl groups is 1. The molecule has 1 aliphatic heterocycles. The number of amides is 1. The Kier molecular flexibility index (Phi) is 6.86. The molecular weight excluding hydrogens is 407 g/mol. The van der Waals surface area contributed by atoms with E-state index in [0.717, 1.165) is 23.0 Å². The molecule has 0 radical (unpaired) electrons. The van der Waals surface area contributed by atoms with E-state index in [4.69, 9.17) is 4.74 Å². The van der Waals surface area contributed by atoms with Crippen molar-refractivity contribution in [3.63, 3.8) is 0 Å². The van der Waals surface area contributed by atoms with Gasteiger partial charge >= 0.3 is 0 Å². The summed E-state index contributed by atoms with van der Waals surface area (Å²) in [5.41, 5.74) is 3.98. The van der Waals surface area contributed by atoms with Gasteiger partial charge in [0.25, 0.3) is 5.91 Å². The number of ether oxygens (including phenoxy) is 1. The van der Waals surface area contributed by atoms with Crippen LogP contribution in [0.5, 0.6) is 11.5 Å². The minimum absolute atomic E-state index is 0.0490. The highest BCUT2D eigenvalue weighted by molar-refractivity contribution is 7.27. The van der Waals surface area contributed by atoms with Gasteiger partial charge in [0, 0.05) is 17.5 Å². The van der Waals surface area contributed by atoms with Crippen molar-refractivity contribution >= 4 is 26.1 Å². The van der Waals surface area contributed by atoms with Gasteiger partial charge in [-0.05, 0) is 79.0 Å². The molecule has 3 aromatic carbocycles. The van der Waals surface area contributed by atoms with Crippen molar-refractivity contribution in [2.45, 2.75) is 19.4 Å². The second-order valence-corrected chi connectivity index (χ2v) is 8.44. The van der Waals surface area contributed by atoms with Crippen molar-refractivity contribution in [2.24, 2.45) is 0 Å². The lowest BCUT2D eigenvalue weighted by molar-refractivity contribution is -0.118. The van der Waals surface area contributed by atoms with Crippen LogP contribution in [0.25, 0.3) is 11.1 Å². The van der Waals surface area contributed by atoms with Crippen LogP contribution in [-0.4, -0.2) is 35.6 Å². The number of carbonyl (C=O) groups excluding carboxylic acids is 1. The highest BCUT2D eigenvalue weighted by Gasteiger charge is 2.13. The lowest BCUT2D eigenvalue weighted by Gasteiger charge is -2.16. The van der Waals surface area contributed by atoms with E-state index in [2.05, 4.69) is 31.6 Å². The minimum atomic E-state index is -0.206. The fourth-order valence-electron chi connectivity index (χ4n) is 3.77. The zero-order chi connectivity index (χ0) is 21.6. The smallest absolute Gasteiger partial charge is 0.262 e. The van der Waals surface area contributed by atoms with Crippen LogP contribution in [0.1, 0.15) is 18.4 Å². The van der Waals surface area contributed by atoms with Gasteiger partial charge in [-0.3, -0.25) is 9.69 Å². The Bertz CT molecular complexity index is 1030. The van der Waals surface area contributed by atoms with E-state index in [1.807, 2.05) is 42.5 Å². The summed E-state index contributed by atoms with van der Waals surface area (Å²) in [7, 11) is 2.70. The Morgan fingerprint density at radius 1 is 0.968 bits per heavy atom. The maximum Gasteiger partial charge on any atom is 0.262 e. The summed E-state index contributed by atoms with van der Waals surface area (Å²) in [6.07, 6.45) is 2.56. The number of anilines is 1. The van der Waals surface area contributed by atoms with Crippen molar-refractivity contribution in [1.29, 1.82) is 0 Å². The quantitative estimate of drug-likeness (QED) is 0.548. The average Bonchev–Trinajstić information content (AvgIpc) is 3.27. The Morgan fingerprint density at radius 2 is 1.61 bits per heavy atom. The monoisotopic (exact) mass is 434 g/mol. The van der Waals surface area contributed by atoms with Crippen LogP contribution in [0.4, 0.5) is 5.69 Å². The molecule has 1 amide bonds. The number of hydrogen-bond acceptors (Lipinski definition) is 4. The van der Waals surface area contributed by atoms with E-state index in [1.165, 1.54) is 31.5 Å². The van der Waals surface area contributed by atoms with Gasteiger partial charge in [-0.2, -0.15) is 0 Å². The van der Waals surface area contributed by atoms with Gasteiger partial charge in [0.2, 0.25) is 0 Å². The van der Waals surface area contributed by atoms with Gasteiger partial charge in [-0.1, -0.05) is 30.3 Å². The SMILES string of the molecule is O=C(COc1ccc(CN2CCCC2)cc1P)Nc1ccc(-c2ccc(O)cc2)cc1. The maximum absolute atomic E-state index is 12.3. The van der Waals surface area contributed by atoms with E-state index in [-0.39, 0.29) is 18.3 Å². The fourth-order valence-corrected chi connectivity index (χ4v) is 4.16. The Balaban J connectivity index is 1.29. The molecule has 1 atom stereocenters. The third-order valence-electron chi connectivity index (χ3n) is 5.41. The lowest BCUT2D eigenvalue weighted by atomic mass is 10.1. The van der Waals surface area contributed by atoms with Crippen molar-refractivity contribution in [3.8, 4) is 22.6 Å². The van der Waals surface area contributed by atoms with Crippen LogP contribution in [0.2, 0.25) is 0 Å². The van der Waals surface area contributed by atoms with Crippen LogP contribution in [0, 0.1) is 0 Å². The molecule has 0 bridgehead atoms. The summed E-state index contributed by atoms with van der Waals surface area (Å²) in [5, 5.41) is 13.2. The van der Waals surface area contributed by atoms with Gasteiger partial charge in [-0.15, -0.1) is 9.24 Å². The summed E-state index contributed by atoms with van der Waals surface area (Å²) in [4.78, 5) is 14.8. The zero-order valence-corrected chi connectivity index (χ0v) is 18.5. The topological polar surface area (TPSA) is 61.8 Å². The second-order valence-electron chi connectivity index (χ2n) is 7.82. The molecule has 5 nitrogen and oxygen atoms in total. The largest absolute Gasteiger partial charge is 0.508 e. The predicted octanol–water partition coefficient (Wildman–Crippen LogP) is 4.17. The summed E-state index contributed by atoms with van der Waals surface area (Å²) < 4.78 is 5.73. The van der Waals surface area contributed by atoms with E-state index < -0.39 is 0 Å². The van der Waals surface area contributed by atoms with E-state index in [9.17, 15) is 9.90 Å². The lowest BCUT2D eigenvalue weighted by Crippen LogP contribution is -2.22. The molecule has 1 heterocycles. The first kappa shape index (κ1) is 21.4. The van der Waals surface area contributed by atoms with Gasteiger partial charge in [0.05, 0.1) is 0 Å². The second kappa shape index (κ2) is 9.95. The summed E-state index contributed by atoms with van der Waals surface area (Å²) in [6.45, 7) is 3.25. The number of carbonyl (C=O) groups is 1. The van der Waals surface area contributed by atoms with E-state index in [0.29, 0.717) is 11.4 Å². The number of phenols is 1. The molecule has 1 aliphatic rings. The van der Waals surface area contributed by atoms with Gasteiger partial charge < -0.3 is 15.2 Å². The van der Waals surface area contributed by atoms with Gasteiger partial charge in [0.1, 0.15) is 11.5 Å². The summed E-state index contributed by atoms with van der Waals surface area (Å²) in [6, 6.07) is 20.7. The first-order chi connectivity index (χ1) is 15.1. The normalized spacial score (nSPS) is 13.8. The van der Waals surface area contributed by atoms with Gasteiger partial charge in [-0.25, -0.2) is 0 Å². The number of nitrogens with one attached hydrogen (secondary N) is 1. The van der Waals surface area contributed by atoms with Crippen LogP contribution < -0.4 is 15.4 Å². The van der Waals surface area contributed by atoms with Crippen LogP contribution in [0.3, 0.4) is 0 Å². The number of benzene rings is 3. The van der Waals surface area contributed by atoms with Crippen molar-refractivity contribution in [1.82, 2.24) is 4.90 Å². The molecule has 3 aromatic rings. The highest BCUT2D eigenvalue weighted by atomic mass is 31.0. The molecule has 6 heteroatoms. The third-order valence-corrected chi connectivity index (χ3v) is 5.86. The average molecular weight is 434 g/mol. The molecule has 0 spiro atoms. The van der Waals surface area contributed by atoms with Gasteiger partial charge in [0.15, 0.2) is 6.61 Å². The van der Waals surface area contributed by atoms with Crippen LogP contribution in [-0.2, 0) is 11.3 Å². The molecular formula is C25H27N2O3P. The van der Waals surface area contributed by atoms with Crippen LogP contribution in [0.15, 0.2) is 66.7 Å². The molecule has 1 unspecified atom stereocenters. The molecule has 0 aliphatic carbocycles. The number of phenolic OH excluding ortho intramolecular Hbond substituents is 1. The summed E-state index contributed by atoms with van der Waals surface area (Å²) >= 11 is 0. The number of rotatable bonds is 7. The Hall–Kier alpha value is -2.88. The van der Waals surface area contributed by atoms with Crippen LogP contribution >= 0.6 is 9.24 Å². The Labute approximate surface area is 185 Å². The number of hydrogen-bond donors (Lipinski definition) is 2. The molecule has 31 heavy (non-hydrogen) atoms. The molecule has 2 N–H and O–H groups in total. The zero-order valence-electron chi connectivity index (χ0n) is 17.4. The number of likely N-dealkylation sites (tertiary alicyclic amines) is 1. The number of nitrogens with zero attached hydrogens (tertiary/aromatic N) is 1. The first-order valence-corrected chi connectivity index (χ1v) is 11.1. The molecule has 0 aromatic heterocycles. The van der Waals surface area contributed by atoms with Crippen molar-refractivity contribution in [2.75, 3.05) is 25.0 Å². The molecule has 1 saturated heterocycles. The third kappa shape index (κ3) is 5.84. The molecule has 160 valence electrons. The minimum Gasteiger partial charge on any atom is -0.508 e. The molecule has 4 rings (SSSR count). The molecule has 0 saturated carbocycles. The van der Waals surface area contributed by atoms with E-state index >= 15 is 0 Å². The van der Waals surface area contributed by atoms with E-state index in [1.54, 1.807) is 12.1 Å². The highest BCUT2D eigenvalue weighted by Crippen LogP contribution is 2.23. The predicted molar refractivity (Wildman–Crippen MR) is 128 cm³/mol. The van der Waals surface area contributed by atoms with Crippen molar-refractivity contribution < 1.29 is 14.6 Å². The summed E-state index contributed by atoms with van der Waals surface area (Å²) in [5.74, 6) is 0.735. The maximum atomic E-state index is 12.3. The Morgan fingerprint density at radius 3 is 2.26 bits per heavy atom. The molecule has 1 fully saturated rings. The van der Waals surface area contributed by atoms with Crippen molar-refractivity contribution in [3.05, 3.63) is 72.3 Å². The standard InChI is InChI=1S/C25H27N2O3P/c28-22-10-6-20(7-11-22)19-4-8-21(9-5-19)26-25(29)17-30-23-12-3-18(15-24(23)31)16-27-13-1-2-14-27/h3-12,15,28H,1-2,13-14,16-17,31H2,(H,26,29). The first-order valence-electron chi connectivity index (χ1n) is 10.5. The fraction of sp³-hybridized carbons (Fsp3) is 0.240.